The summed E-state index contributed by atoms with van der Waals surface area (Å²) in [4.78, 5) is 12.5. The monoisotopic (exact) mass is 244 g/mol. The lowest BCUT2D eigenvalue weighted by Gasteiger charge is -2.02. The second-order valence-electron chi connectivity index (χ2n) is 3.87. The van der Waals surface area contributed by atoms with Crippen molar-refractivity contribution in [2.45, 2.75) is 0 Å². The van der Waals surface area contributed by atoms with E-state index in [1.807, 2.05) is 37.2 Å². The molecule has 94 valence electrons. The molecule has 0 saturated heterocycles. The average molecular weight is 244 g/mol. The molecule has 4 heteroatoms. The van der Waals surface area contributed by atoms with Crippen LogP contribution < -0.4 is 0 Å². The van der Waals surface area contributed by atoms with Gasteiger partial charge in [0.15, 0.2) is 0 Å². The molecule has 0 unspecified atom stereocenters. The molecule has 0 fully saturated rings. The summed E-state index contributed by atoms with van der Waals surface area (Å²) in [5.74, 6) is 0. The van der Waals surface area contributed by atoms with E-state index in [4.69, 9.17) is 0 Å². The van der Waals surface area contributed by atoms with Crippen molar-refractivity contribution < 1.29 is 4.92 Å². The van der Waals surface area contributed by atoms with E-state index in [0.717, 1.165) is 0 Å². The number of hydrogen-bond donors (Lipinski definition) is 0. The minimum Gasteiger partial charge on any atom is -0.383 e. The minimum absolute atomic E-state index is 0.0734. The Bertz CT molecular complexity index is 495. The van der Waals surface area contributed by atoms with Gasteiger partial charge in [-0.25, -0.2) is 0 Å². The summed E-state index contributed by atoms with van der Waals surface area (Å²) >= 11 is 0. The van der Waals surface area contributed by atoms with Crippen molar-refractivity contribution in [3.8, 4) is 0 Å². The van der Waals surface area contributed by atoms with Crippen LogP contribution in [0.2, 0.25) is 0 Å². The van der Waals surface area contributed by atoms with Crippen LogP contribution in [-0.4, -0.2) is 23.9 Å². The highest BCUT2D eigenvalue weighted by Gasteiger charge is 2.07. The third-order valence-corrected chi connectivity index (χ3v) is 2.13. The SMILES string of the molecule is CN(C)/C=C/c1ccccccccc1[N+](=O)[O-]. The molecule has 0 heterocycles. The molecule has 1 aromatic carbocycles. The van der Waals surface area contributed by atoms with E-state index in [1.165, 1.54) is 6.07 Å². The van der Waals surface area contributed by atoms with Crippen LogP contribution in [0.4, 0.5) is 5.69 Å². The first-order valence-corrected chi connectivity index (χ1v) is 5.52. The average Bonchev–Trinajstić information content (AvgIpc) is 2.32. The van der Waals surface area contributed by atoms with Gasteiger partial charge >= 0.3 is 0 Å². The minimum atomic E-state index is -0.380. The zero-order valence-electron chi connectivity index (χ0n) is 10.5. The van der Waals surface area contributed by atoms with Gasteiger partial charge in [-0.1, -0.05) is 36.4 Å². The van der Waals surface area contributed by atoms with Crippen molar-refractivity contribution in [1.82, 2.24) is 4.90 Å². The van der Waals surface area contributed by atoms with Crippen LogP contribution >= 0.6 is 0 Å². The molecule has 0 saturated carbocycles. The van der Waals surface area contributed by atoms with Crippen molar-refractivity contribution in [1.29, 1.82) is 0 Å². The largest absolute Gasteiger partial charge is 0.383 e. The van der Waals surface area contributed by atoms with Gasteiger partial charge in [0.25, 0.3) is 5.69 Å². The normalized spacial score (nSPS) is 9.89. The summed E-state index contributed by atoms with van der Waals surface area (Å²) in [6.45, 7) is 0. The molecule has 4 nitrogen and oxygen atoms in total. The molecule has 0 aliphatic rings. The fourth-order valence-electron chi connectivity index (χ4n) is 1.28. The van der Waals surface area contributed by atoms with Gasteiger partial charge in [0.05, 0.1) is 10.5 Å². The number of hydrogen-bond acceptors (Lipinski definition) is 3. The maximum atomic E-state index is 11.0. The Morgan fingerprint density at radius 2 is 1.61 bits per heavy atom. The van der Waals surface area contributed by atoms with Gasteiger partial charge < -0.3 is 4.90 Å². The summed E-state index contributed by atoms with van der Waals surface area (Å²) in [6.07, 6.45) is 3.50. The van der Waals surface area contributed by atoms with Crippen molar-refractivity contribution >= 4 is 11.8 Å². The summed E-state index contributed by atoms with van der Waals surface area (Å²) in [6, 6.07) is 13.9. The Kier molecular flexibility index (Phi) is 5.38. The summed E-state index contributed by atoms with van der Waals surface area (Å²) < 4.78 is 0. The molecule has 0 aliphatic carbocycles. The Morgan fingerprint density at radius 3 is 2.17 bits per heavy atom. The number of nitro groups is 1. The first-order chi connectivity index (χ1) is 8.61. The highest BCUT2D eigenvalue weighted by Crippen LogP contribution is 2.16. The van der Waals surface area contributed by atoms with Gasteiger partial charge in [0.1, 0.15) is 0 Å². The van der Waals surface area contributed by atoms with Gasteiger partial charge in [0.2, 0.25) is 0 Å². The Hall–Kier alpha value is -2.36. The molecule has 18 heavy (non-hydrogen) atoms. The van der Waals surface area contributed by atoms with Crippen LogP contribution in [0.25, 0.3) is 6.08 Å². The number of nitrogens with zero attached hydrogens (tertiary/aromatic N) is 2. The second kappa shape index (κ2) is 7.06. The molecule has 0 bridgehead atoms. The first kappa shape index (κ1) is 13.7. The molecule has 0 amide bonds. The van der Waals surface area contributed by atoms with Crippen LogP contribution in [-0.2, 0) is 0 Å². The van der Waals surface area contributed by atoms with Crippen molar-refractivity contribution in [3.63, 3.8) is 0 Å². The van der Waals surface area contributed by atoms with E-state index in [1.54, 1.807) is 36.5 Å². The van der Waals surface area contributed by atoms with E-state index in [2.05, 4.69) is 0 Å². The zero-order chi connectivity index (χ0) is 13.4. The third-order valence-electron chi connectivity index (χ3n) is 2.13. The van der Waals surface area contributed by atoms with E-state index >= 15 is 0 Å². The molecular weight excluding hydrogens is 228 g/mol. The Morgan fingerprint density at radius 1 is 1.06 bits per heavy atom. The molecule has 1 rings (SSSR count). The molecular formula is C14H16N2O2. The van der Waals surface area contributed by atoms with Crippen LogP contribution in [0.3, 0.4) is 0 Å². The molecule has 0 atom stereocenters. The molecule has 0 aromatic heterocycles. The van der Waals surface area contributed by atoms with Gasteiger partial charge in [0, 0.05) is 20.2 Å². The maximum absolute atomic E-state index is 11.0. The fraction of sp³-hybridized carbons (Fsp3) is 0.143. The van der Waals surface area contributed by atoms with Crippen LogP contribution in [0.15, 0.2) is 54.7 Å². The highest BCUT2D eigenvalue weighted by atomic mass is 16.6. The van der Waals surface area contributed by atoms with Gasteiger partial charge in [-0.3, -0.25) is 10.1 Å². The highest BCUT2D eigenvalue weighted by molar-refractivity contribution is 5.59. The quantitative estimate of drug-likeness (QED) is 0.605. The number of rotatable bonds is 3. The van der Waals surface area contributed by atoms with Crippen LogP contribution in [0, 0.1) is 10.1 Å². The van der Waals surface area contributed by atoms with Gasteiger partial charge in [-0.15, -0.1) is 0 Å². The third kappa shape index (κ3) is 4.65. The van der Waals surface area contributed by atoms with E-state index < -0.39 is 0 Å². The van der Waals surface area contributed by atoms with Gasteiger partial charge in [-0.2, -0.15) is 0 Å². The van der Waals surface area contributed by atoms with Gasteiger partial charge in [-0.05, 0) is 18.3 Å². The Labute approximate surface area is 107 Å². The lowest BCUT2D eigenvalue weighted by molar-refractivity contribution is -0.385. The smallest absolute Gasteiger partial charge is 0.276 e. The lowest BCUT2D eigenvalue weighted by Crippen LogP contribution is -2.00. The predicted molar refractivity (Wildman–Crippen MR) is 73.4 cm³/mol. The topological polar surface area (TPSA) is 46.4 Å². The van der Waals surface area contributed by atoms with Crippen molar-refractivity contribution in [3.05, 3.63) is 70.4 Å². The zero-order valence-corrected chi connectivity index (χ0v) is 10.5. The van der Waals surface area contributed by atoms with E-state index in [0.29, 0.717) is 5.56 Å². The molecule has 0 spiro atoms. The Balaban J connectivity index is 3.39. The lowest BCUT2D eigenvalue weighted by atomic mass is 10.2. The fourth-order valence-corrected chi connectivity index (χ4v) is 1.28. The first-order valence-electron chi connectivity index (χ1n) is 5.52. The van der Waals surface area contributed by atoms with Crippen molar-refractivity contribution in [2.75, 3.05) is 14.1 Å². The standard InChI is InChI=1S/C14H16N2O2/c1-15(2)12-11-13-9-7-5-3-4-6-8-10-14(13)16(17)18/h3-12H,1-2H3/b4-3?,5-3?,6-4?,7-5?,8-6?,9-7?,10-8?,12-11+,13-9?,14-10?,14-13?. The van der Waals surface area contributed by atoms with Crippen LogP contribution in [0.1, 0.15) is 5.56 Å². The molecule has 0 aliphatic heterocycles. The van der Waals surface area contributed by atoms with E-state index in [-0.39, 0.29) is 10.6 Å². The van der Waals surface area contributed by atoms with Crippen LogP contribution in [0.5, 0.6) is 0 Å². The summed E-state index contributed by atoms with van der Waals surface area (Å²) in [5.41, 5.74) is 0.634. The summed E-state index contributed by atoms with van der Waals surface area (Å²) in [5, 5.41) is 11.0. The molecule has 0 N–H and O–H groups in total. The molecule has 0 radical (unpaired) electrons. The second-order valence-corrected chi connectivity index (χ2v) is 3.87. The van der Waals surface area contributed by atoms with Crippen molar-refractivity contribution in [2.24, 2.45) is 0 Å². The summed E-state index contributed by atoms with van der Waals surface area (Å²) in [7, 11) is 3.73. The molecule has 1 aromatic rings. The predicted octanol–water partition coefficient (Wildman–Crippen LogP) is 3.25. The maximum Gasteiger partial charge on any atom is 0.276 e. The van der Waals surface area contributed by atoms with E-state index in [9.17, 15) is 10.1 Å².